The summed E-state index contributed by atoms with van der Waals surface area (Å²) < 4.78 is 0. The van der Waals surface area contributed by atoms with Gasteiger partial charge < -0.3 is 0 Å². The minimum Gasteiger partial charge on any atom is -0.257 e. The molecule has 2 rings (SSSR count). The summed E-state index contributed by atoms with van der Waals surface area (Å²) in [6.07, 6.45) is 7.66. The summed E-state index contributed by atoms with van der Waals surface area (Å²) in [7, 11) is 0. The zero-order valence-corrected chi connectivity index (χ0v) is 16.9. The quantitative estimate of drug-likeness (QED) is 0.593. The number of fused-ring (bicyclic) bond motifs is 1. The van der Waals surface area contributed by atoms with Crippen LogP contribution >= 0.6 is 0 Å². The molecule has 1 aromatic carbocycles. The van der Waals surface area contributed by atoms with Crippen LogP contribution in [-0.4, -0.2) is 4.98 Å². The predicted molar refractivity (Wildman–Crippen MR) is 107 cm³/mol. The second-order valence-corrected chi connectivity index (χ2v) is 6.62. The molecule has 0 aliphatic rings. The number of hydrogen-bond acceptors (Lipinski definition) is 1. The van der Waals surface area contributed by atoms with Crippen LogP contribution in [0.15, 0.2) is 0 Å². The molecule has 0 spiro atoms. The smallest absolute Gasteiger partial charge is 0.0485 e. The van der Waals surface area contributed by atoms with Gasteiger partial charge in [0.1, 0.15) is 0 Å². The first-order valence-electron chi connectivity index (χ1n) is 10.1. The summed E-state index contributed by atoms with van der Waals surface area (Å²) in [5, 5.41) is 3.06. The molecule has 1 heteroatoms. The van der Waals surface area contributed by atoms with Gasteiger partial charge in [0, 0.05) is 16.8 Å². The fourth-order valence-corrected chi connectivity index (χ4v) is 4.61. The lowest BCUT2D eigenvalue weighted by Gasteiger charge is -2.25. The summed E-state index contributed by atoms with van der Waals surface area (Å²) >= 11 is 0. The van der Waals surface area contributed by atoms with E-state index in [0.717, 1.165) is 44.9 Å². The Kier molecular flexibility index (Phi) is 6.43. The molecular weight excluding hydrogens is 290 g/mol. The molecule has 0 saturated heterocycles. The van der Waals surface area contributed by atoms with E-state index in [1.165, 1.54) is 22.3 Å². The van der Waals surface area contributed by atoms with E-state index < -0.39 is 0 Å². The van der Waals surface area contributed by atoms with Crippen LogP contribution in [0.25, 0.3) is 10.8 Å². The van der Waals surface area contributed by atoms with Crippen molar-refractivity contribution in [1.82, 2.24) is 4.98 Å². The first-order valence-corrected chi connectivity index (χ1v) is 10.1. The summed E-state index contributed by atoms with van der Waals surface area (Å²) in [6.45, 7) is 16.1. The second-order valence-electron chi connectivity index (χ2n) is 6.62. The Morgan fingerprint density at radius 2 is 0.833 bits per heavy atom. The van der Waals surface area contributed by atoms with E-state index in [1.807, 2.05) is 0 Å². The van der Waals surface area contributed by atoms with Gasteiger partial charge in [0.2, 0.25) is 0 Å². The average Bonchev–Trinajstić information content (AvgIpc) is 2.63. The van der Waals surface area contributed by atoms with E-state index in [4.69, 9.17) is 4.98 Å². The monoisotopic (exact) mass is 325 g/mol. The Hall–Kier alpha value is -1.37. The SMILES string of the molecule is CCc1nc(CC)c2c(CC)c(CC)c(CC)c(CC)c2c1CC. The van der Waals surface area contributed by atoms with Crippen LogP contribution in [0, 0.1) is 0 Å². The number of rotatable bonds is 7. The highest BCUT2D eigenvalue weighted by Crippen LogP contribution is 2.37. The van der Waals surface area contributed by atoms with Crippen LogP contribution in [0.5, 0.6) is 0 Å². The zero-order chi connectivity index (χ0) is 17.9. The van der Waals surface area contributed by atoms with Crippen molar-refractivity contribution >= 4 is 10.8 Å². The van der Waals surface area contributed by atoms with Gasteiger partial charge in [-0.2, -0.15) is 0 Å². The highest BCUT2D eigenvalue weighted by Gasteiger charge is 2.21. The van der Waals surface area contributed by atoms with Crippen LogP contribution in [-0.2, 0) is 44.9 Å². The second kappa shape index (κ2) is 8.14. The lowest BCUT2D eigenvalue weighted by Crippen LogP contribution is -2.11. The van der Waals surface area contributed by atoms with Crippen molar-refractivity contribution in [2.24, 2.45) is 0 Å². The van der Waals surface area contributed by atoms with Crippen molar-refractivity contribution in [3.63, 3.8) is 0 Å². The number of aryl methyl sites for hydroxylation is 5. The molecule has 24 heavy (non-hydrogen) atoms. The topological polar surface area (TPSA) is 12.9 Å². The standard InChI is InChI=1S/C23H35N/c1-8-15-16(9-2)18(11-4)23-21(14-7)24-20(13-6)19(12-5)22(23)17(15)10-3/h8-14H2,1-7H3. The number of aromatic nitrogens is 1. The van der Waals surface area contributed by atoms with E-state index in [2.05, 4.69) is 48.5 Å². The lowest BCUT2D eigenvalue weighted by atomic mass is 9.81. The predicted octanol–water partition coefficient (Wildman–Crippen LogP) is 6.17. The molecule has 2 aromatic rings. The third-order valence-electron chi connectivity index (χ3n) is 5.59. The number of nitrogens with zero attached hydrogens (tertiary/aromatic N) is 1. The number of pyridine rings is 1. The van der Waals surface area contributed by atoms with Gasteiger partial charge in [0.15, 0.2) is 0 Å². The van der Waals surface area contributed by atoms with Crippen molar-refractivity contribution in [2.75, 3.05) is 0 Å². The molecule has 0 radical (unpaired) electrons. The summed E-state index contributed by atoms with van der Waals surface area (Å²) in [5.74, 6) is 0. The number of benzene rings is 1. The maximum atomic E-state index is 5.12. The van der Waals surface area contributed by atoms with Crippen molar-refractivity contribution in [1.29, 1.82) is 0 Å². The van der Waals surface area contributed by atoms with E-state index in [1.54, 1.807) is 27.6 Å². The Labute approximate surface area is 148 Å². The van der Waals surface area contributed by atoms with Crippen molar-refractivity contribution < 1.29 is 0 Å². The van der Waals surface area contributed by atoms with E-state index in [-0.39, 0.29) is 0 Å². The van der Waals surface area contributed by atoms with E-state index in [0.29, 0.717) is 0 Å². The molecule has 132 valence electrons. The third kappa shape index (κ3) is 2.87. The third-order valence-corrected chi connectivity index (χ3v) is 5.59. The molecule has 0 bridgehead atoms. The minimum atomic E-state index is 1.03. The molecule has 0 saturated carbocycles. The molecule has 1 heterocycles. The molecule has 0 aliphatic heterocycles. The van der Waals surface area contributed by atoms with Crippen LogP contribution in [0.4, 0.5) is 0 Å². The Bertz CT molecular complexity index is 725. The Balaban J connectivity index is 3.18. The van der Waals surface area contributed by atoms with Gasteiger partial charge in [-0.25, -0.2) is 0 Å². The van der Waals surface area contributed by atoms with E-state index >= 15 is 0 Å². The Morgan fingerprint density at radius 1 is 0.417 bits per heavy atom. The van der Waals surface area contributed by atoms with E-state index in [9.17, 15) is 0 Å². The molecule has 0 unspecified atom stereocenters. The molecule has 0 amide bonds. The summed E-state index contributed by atoms with van der Waals surface area (Å²) in [4.78, 5) is 5.12. The fourth-order valence-electron chi connectivity index (χ4n) is 4.61. The molecule has 0 atom stereocenters. The molecule has 1 aromatic heterocycles. The summed E-state index contributed by atoms with van der Waals surface area (Å²) in [5.41, 5.74) is 10.6. The highest BCUT2D eigenvalue weighted by atomic mass is 14.7. The normalized spacial score (nSPS) is 11.5. The summed E-state index contributed by atoms with van der Waals surface area (Å²) in [6, 6.07) is 0. The average molecular weight is 326 g/mol. The molecular formula is C23H35N. The van der Waals surface area contributed by atoms with Crippen LogP contribution in [0.2, 0.25) is 0 Å². The number of hydrogen-bond donors (Lipinski definition) is 0. The van der Waals surface area contributed by atoms with Crippen molar-refractivity contribution in [3.8, 4) is 0 Å². The molecule has 0 fully saturated rings. The first-order chi connectivity index (χ1) is 11.6. The van der Waals surface area contributed by atoms with Gasteiger partial charge in [-0.05, 0) is 78.1 Å². The van der Waals surface area contributed by atoms with Crippen LogP contribution in [0.3, 0.4) is 0 Å². The van der Waals surface area contributed by atoms with Gasteiger partial charge in [0.05, 0.1) is 0 Å². The lowest BCUT2D eigenvalue weighted by molar-refractivity contribution is 0.911. The van der Waals surface area contributed by atoms with Crippen molar-refractivity contribution in [2.45, 2.75) is 93.4 Å². The molecule has 0 aliphatic carbocycles. The molecule has 1 nitrogen and oxygen atoms in total. The minimum absolute atomic E-state index is 1.03. The van der Waals surface area contributed by atoms with Gasteiger partial charge >= 0.3 is 0 Å². The zero-order valence-electron chi connectivity index (χ0n) is 16.9. The van der Waals surface area contributed by atoms with Crippen molar-refractivity contribution in [3.05, 3.63) is 39.2 Å². The maximum Gasteiger partial charge on any atom is 0.0485 e. The fraction of sp³-hybridized carbons (Fsp3) is 0.609. The van der Waals surface area contributed by atoms with Crippen LogP contribution in [0.1, 0.15) is 87.7 Å². The highest BCUT2D eigenvalue weighted by molar-refractivity contribution is 5.96. The van der Waals surface area contributed by atoms with Gasteiger partial charge in [-0.15, -0.1) is 0 Å². The van der Waals surface area contributed by atoms with Crippen LogP contribution < -0.4 is 0 Å². The largest absolute Gasteiger partial charge is 0.257 e. The van der Waals surface area contributed by atoms with Gasteiger partial charge in [0.25, 0.3) is 0 Å². The molecule has 0 N–H and O–H groups in total. The Morgan fingerprint density at radius 3 is 1.21 bits per heavy atom. The maximum absolute atomic E-state index is 5.12. The van der Waals surface area contributed by atoms with Gasteiger partial charge in [-0.1, -0.05) is 48.5 Å². The first kappa shape index (κ1) is 19.0. The van der Waals surface area contributed by atoms with Gasteiger partial charge in [-0.3, -0.25) is 4.98 Å².